The summed E-state index contributed by atoms with van der Waals surface area (Å²) in [5.74, 6) is -0.532. The van der Waals surface area contributed by atoms with Crippen molar-refractivity contribution in [3.63, 3.8) is 0 Å². The third-order valence-corrected chi connectivity index (χ3v) is 8.52. The van der Waals surface area contributed by atoms with Crippen molar-refractivity contribution in [1.82, 2.24) is 0 Å². The van der Waals surface area contributed by atoms with Crippen LogP contribution in [0.3, 0.4) is 0 Å². The van der Waals surface area contributed by atoms with Gasteiger partial charge in [0.05, 0.1) is 13.2 Å². The van der Waals surface area contributed by atoms with Gasteiger partial charge >= 0.3 is 5.97 Å². The normalized spacial score (nSPS) is 11.5. The fourth-order valence-corrected chi connectivity index (χ4v) is 5.62. The van der Waals surface area contributed by atoms with Crippen LogP contribution in [0.25, 0.3) is 0 Å². The lowest BCUT2D eigenvalue weighted by molar-refractivity contribution is -0.153. The third kappa shape index (κ3) is 34.2. The van der Waals surface area contributed by atoms with Crippen molar-refractivity contribution in [2.75, 3.05) is 32.3 Å². The number of esters is 1. The van der Waals surface area contributed by atoms with Gasteiger partial charge < -0.3 is 14.2 Å². The molecular weight excluding hydrogens is 544 g/mol. The molecule has 0 aliphatic rings. The Labute approximate surface area is 268 Å². The summed E-state index contributed by atoms with van der Waals surface area (Å²) in [5.41, 5.74) is 0. The fourth-order valence-electron chi connectivity index (χ4n) is 5.56. The molecule has 0 bridgehead atoms. The standard InChI is InChI=1S/C37H73ClO4/c1-3-5-7-9-11-13-15-17-19-21-23-25-27-29-31-40-34-36(42-37(39)33-38)35-41-32-30-28-26-24-22-20-18-16-14-12-10-8-6-4-2/h36H,3-35H2,1-2H3. The molecule has 0 aromatic heterocycles. The molecule has 0 heterocycles. The molecule has 0 N–H and O–H groups in total. The lowest BCUT2D eigenvalue weighted by Crippen LogP contribution is -2.29. The second kappa shape index (κ2) is 36.9. The molecular formula is C37H73ClO4. The quantitative estimate of drug-likeness (QED) is 0.0399. The highest BCUT2D eigenvalue weighted by Crippen LogP contribution is 2.14. The smallest absolute Gasteiger partial charge is 0.321 e. The molecule has 0 fully saturated rings. The monoisotopic (exact) mass is 617 g/mol. The van der Waals surface area contributed by atoms with Gasteiger partial charge in [-0.15, -0.1) is 11.6 Å². The zero-order valence-corrected chi connectivity index (χ0v) is 29.2. The van der Waals surface area contributed by atoms with Crippen molar-refractivity contribution in [1.29, 1.82) is 0 Å². The van der Waals surface area contributed by atoms with Gasteiger partial charge in [-0.1, -0.05) is 181 Å². The number of rotatable bonds is 36. The first-order valence-electron chi connectivity index (χ1n) is 18.7. The second-order valence-electron chi connectivity index (χ2n) is 12.6. The summed E-state index contributed by atoms with van der Waals surface area (Å²) in [7, 11) is 0. The van der Waals surface area contributed by atoms with E-state index in [0.717, 1.165) is 12.8 Å². The molecule has 0 radical (unpaired) electrons. The van der Waals surface area contributed by atoms with Gasteiger partial charge in [-0.2, -0.15) is 0 Å². The number of hydrogen-bond donors (Lipinski definition) is 0. The van der Waals surface area contributed by atoms with Crippen molar-refractivity contribution in [2.45, 2.75) is 200 Å². The molecule has 0 aromatic rings. The number of hydrogen-bond acceptors (Lipinski definition) is 4. The van der Waals surface area contributed by atoms with Crippen LogP contribution >= 0.6 is 11.6 Å². The van der Waals surface area contributed by atoms with Crippen LogP contribution in [-0.2, 0) is 19.0 Å². The van der Waals surface area contributed by atoms with E-state index >= 15 is 0 Å². The first-order chi connectivity index (χ1) is 20.7. The van der Waals surface area contributed by atoms with Gasteiger partial charge in [0.2, 0.25) is 0 Å². The fraction of sp³-hybridized carbons (Fsp3) is 0.973. The number of unbranched alkanes of at least 4 members (excludes halogenated alkanes) is 26. The highest BCUT2D eigenvalue weighted by Gasteiger charge is 2.14. The van der Waals surface area contributed by atoms with Crippen molar-refractivity contribution in [3.05, 3.63) is 0 Å². The Bertz CT molecular complexity index is 480. The molecule has 0 aliphatic heterocycles. The van der Waals surface area contributed by atoms with E-state index in [9.17, 15) is 4.79 Å². The molecule has 0 saturated carbocycles. The molecule has 0 amide bonds. The van der Waals surface area contributed by atoms with E-state index in [1.165, 1.54) is 167 Å². The average molecular weight is 617 g/mol. The van der Waals surface area contributed by atoms with Gasteiger partial charge in [0.25, 0.3) is 0 Å². The Kier molecular flexibility index (Phi) is 36.6. The predicted octanol–water partition coefficient (Wildman–Crippen LogP) is 12.1. The number of carbonyl (C=O) groups is 1. The molecule has 0 spiro atoms. The molecule has 0 atom stereocenters. The maximum atomic E-state index is 11.7. The van der Waals surface area contributed by atoms with Crippen LogP contribution in [0.15, 0.2) is 0 Å². The summed E-state index contributed by atoms with van der Waals surface area (Å²) >= 11 is 5.65. The van der Waals surface area contributed by atoms with Crippen molar-refractivity contribution in [3.8, 4) is 0 Å². The highest BCUT2D eigenvalue weighted by atomic mass is 35.5. The lowest BCUT2D eigenvalue weighted by Gasteiger charge is -2.18. The summed E-state index contributed by atoms with van der Waals surface area (Å²) in [6.07, 6.45) is 37.4. The molecule has 0 aromatic carbocycles. The molecule has 5 heteroatoms. The summed E-state index contributed by atoms with van der Waals surface area (Å²) in [5, 5.41) is 0. The Morgan fingerprint density at radius 2 is 0.714 bits per heavy atom. The van der Waals surface area contributed by atoms with E-state index in [1.54, 1.807) is 0 Å². The third-order valence-electron chi connectivity index (χ3n) is 8.30. The van der Waals surface area contributed by atoms with Crippen LogP contribution in [0.4, 0.5) is 0 Å². The van der Waals surface area contributed by atoms with E-state index in [0.29, 0.717) is 26.4 Å². The Morgan fingerprint density at radius 3 is 0.976 bits per heavy atom. The first-order valence-corrected chi connectivity index (χ1v) is 19.2. The molecule has 0 saturated heterocycles. The van der Waals surface area contributed by atoms with Crippen LogP contribution in [0, 0.1) is 0 Å². The van der Waals surface area contributed by atoms with Gasteiger partial charge in [-0.25, -0.2) is 0 Å². The van der Waals surface area contributed by atoms with E-state index in [4.69, 9.17) is 25.8 Å². The number of carbonyl (C=O) groups excluding carboxylic acids is 1. The lowest BCUT2D eigenvalue weighted by atomic mass is 10.0. The topological polar surface area (TPSA) is 44.8 Å². The summed E-state index contributed by atoms with van der Waals surface area (Å²) in [6.45, 7) is 6.77. The molecule has 4 nitrogen and oxygen atoms in total. The summed E-state index contributed by atoms with van der Waals surface area (Å²) < 4.78 is 17.1. The Morgan fingerprint density at radius 1 is 0.452 bits per heavy atom. The number of halogens is 1. The van der Waals surface area contributed by atoms with Crippen LogP contribution in [0.5, 0.6) is 0 Å². The van der Waals surface area contributed by atoms with Crippen LogP contribution in [0.2, 0.25) is 0 Å². The number of alkyl halides is 1. The minimum absolute atomic E-state index is 0.131. The van der Waals surface area contributed by atoms with Crippen LogP contribution in [-0.4, -0.2) is 44.4 Å². The average Bonchev–Trinajstić information content (AvgIpc) is 3.00. The molecule has 0 unspecified atom stereocenters. The van der Waals surface area contributed by atoms with Gasteiger partial charge in [0.1, 0.15) is 12.0 Å². The van der Waals surface area contributed by atoms with Crippen LogP contribution in [0.1, 0.15) is 194 Å². The van der Waals surface area contributed by atoms with Gasteiger partial charge in [-0.3, -0.25) is 4.79 Å². The van der Waals surface area contributed by atoms with E-state index in [2.05, 4.69) is 13.8 Å². The van der Waals surface area contributed by atoms with E-state index < -0.39 is 5.97 Å². The molecule has 0 rings (SSSR count). The van der Waals surface area contributed by atoms with E-state index in [1.807, 2.05) is 0 Å². The maximum Gasteiger partial charge on any atom is 0.321 e. The zero-order chi connectivity index (χ0) is 30.6. The summed E-state index contributed by atoms with van der Waals surface area (Å²) in [4.78, 5) is 11.7. The zero-order valence-electron chi connectivity index (χ0n) is 28.4. The number of ether oxygens (including phenoxy) is 3. The van der Waals surface area contributed by atoms with E-state index in [-0.39, 0.29) is 12.0 Å². The van der Waals surface area contributed by atoms with Gasteiger partial charge in [0, 0.05) is 13.2 Å². The highest BCUT2D eigenvalue weighted by molar-refractivity contribution is 6.26. The predicted molar refractivity (Wildman–Crippen MR) is 183 cm³/mol. The Balaban J connectivity index is 3.56. The minimum Gasteiger partial charge on any atom is -0.457 e. The maximum absolute atomic E-state index is 11.7. The molecule has 42 heavy (non-hydrogen) atoms. The minimum atomic E-state index is -0.401. The molecule has 0 aliphatic carbocycles. The van der Waals surface area contributed by atoms with Gasteiger partial charge in [0.15, 0.2) is 0 Å². The largest absolute Gasteiger partial charge is 0.457 e. The second-order valence-corrected chi connectivity index (χ2v) is 12.9. The Hall–Kier alpha value is -0.320. The SMILES string of the molecule is CCCCCCCCCCCCCCCCOCC(COCCCCCCCCCCCCCCCC)OC(=O)CCl. The summed E-state index contributed by atoms with van der Waals surface area (Å²) in [6, 6.07) is 0. The van der Waals surface area contributed by atoms with Gasteiger partial charge in [-0.05, 0) is 12.8 Å². The first kappa shape index (κ1) is 41.7. The van der Waals surface area contributed by atoms with Crippen molar-refractivity contribution < 1.29 is 19.0 Å². The molecule has 252 valence electrons. The van der Waals surface area contributed by atoms with Crippen molar-refractivity contribution in [2.24, 2.45) is 0 Å². The van der Waals surface area contributed by atoms with Crippen LogP contribution < -0.4 is 0 Å². The van der Waals surface area contributed by atoms with Crippen molar-refractivity contribution >= 4 is 17.6 Å².